The zero-order valence-electron chi connectivity index (χ0n) is 11.6. The predicted molar refractivity (Wildman–Crippen MR) is 69.4 cm³/mol. The summed E-state index contributed by atoms with van der Waals surface area (Å²) in [5, 5.41) is 3.86. The van der Waals surface area contributed by atoms with Crippen LogP contribution in [0.2, 0.25) is 0 Å². The summed E-state index contributed by atoms with van der Waals surface area (Å²) in [6.07, 6.45) is -0.263. The Hall–Kier alpha value is -1.86. The van der Waals surface area contributed by atoms with E-state index in [0.717, 1.165) is 11.6 Å². The maximum absolute atomic E-state index is 13.2. The fourth-order valence-electron chi connectivity index (χ4n) is 2.34. The molecule has 0 saturated carbocycles. The first-order chi connectivity index (χ1) is 10.1. The Balaban J connectivity index is 1.67. The van der Waals surface area contributed by atoms with Crippen LogP contribution >= 0.6 is 0 Å². The monoisotopic (exact) mass is 295 g/mol. The van der Waals surface area contributed by atoms with Crippen LogP contribution < -0.4 is 0 Å². The lowest BCUT2D eigenvalue weighted by atomic mass is 10.1. The molecule has 0 aliphatic carbocycles. The number of aromatic nitrogens is 2. The van der Waals surface area contributed by atoms with Gasteiger partial charge in [0, 0.05) is 26.6 Å². The van der Waals surface area contributed by atoms with Crippen LogP contribution in [0.4, 0.5) is 8.78 Å². The molecule has 1 saturated heterocycles. The lowest BCUT2D eigenvalue weighted by Gasteiger charge is -2.31. The molecule has 21 heavy (non-hydrogen) atoms. The topological polar surface area (TPSA) is 51.4 Å². The molecule has 1 aliphatic heterocycles. The third kappa shape index (κ3) is 3.25. The summed E-state index contributed by atoms with van der Waals surface area (Å²) in [5.74, 6) is -0.652. The fourth-order valence-corrected chi connectivity index (χ4v) is 2.34. The fraction of sp³-hybridized carbons (Fsp3) is 0.429. The van der Waals surface area contributed by atoms with Crippen LogP contribution in [0.5, 0.6) is 0 Å². The Morgan fingerprint density at radius 1 is 1.33 bits per heavy atom. The molecule has 0 bridgehead atoms. The second-order valence-corrected chi connectivity index (χ2v) is 5.01. The van der Waals surface area contributed by atoms with Gasteiger partial charge in [-0.2, -0.15) is 4.98 Å². The van der Waals surface area contributed by atoms with Crippen molar-refractivity contribution in [2.75, 3.05) is 19.7 Å². The largest absolute Gasteiger partial charge is 0.367 e. The van der Waals surface area contributed by atoms with Gasteiger partial charge in [-0.05, 0) is 17.7 Å². The SMILES string of the molecule is Cc1nc([C@H]2CN(Cc3ccc(F)c(F)c3)CCO2)no1. The molecular weight excluding hydrogens is 280 g/mol. The van der Waals surface area contributed by atoms with E-state index in [-0.39, 0.29) is 6.10 Å². The molecule has 0 unspecified atom stereocenters. The van der Waals surface area contributed by atoms with Crippen molar-refractivity contribution >= 4 is 0 Å². The van der Waals surface area contributed by atoms with E-state index in [9.17, 15) is 8.78 Å². The number of ether oxygens (including phenoxy) is 1. The van der Waals surface area contributed by atoms with Crippen molar-refractivity contribution < 1.29 is 18.0 Å². The van der Waals surface area contributed by atoms with Crippen LogP contribution in [-0.2, 0) is 11.3 Å². The first-order valence-corrected chi connectivity index (χ1v) is 6.70. The summed E-state index contributed by atoms with van der Waals surface area (Å²) in [6, 6.07) is 3.95. The highest BCUT2D eigenvalue weighted by Crippen LogP contribution is 2.21. The summed E-state index contributed by atoms with van der Waals surface area (Å²) < 4.78 is 36.7. The second-order valence-electron chi connectivity index (χ2n) is 5.01. The van der Waals surface area contributed by atoms with E-state index in [0.29, 0.717) is 38.0 Å². The molecule has 2 heterocycles. The number of aryl methyl sites for hydroxylation is 1. The maximum Gasteiger partial charge on any atom is 0.223 e. The van der Waals surface area contributed by atoms with Gasteiger partial charge >= 0.3 is 0 Å². The quantitative estimate of drug-likeness (QED) is 0.869. The van der Waals surface area contributed by atoms with Gasteiger partial charge in [0.05, 0.1) is 6.61 Å². The van der Waals surface area contributed by atoms with Crippen LogP contribution in [0.3, 0.4) is 0 Å². The summed E-state index contributed by atoms with van der Waals surface area (Å²) in [6.45, 7) is 4.07. The predicted octanol–water partition coefficient (Wildman–Crippen LogP) is 2.23. The Morgan fingerprint density at radius 3 is 2.90 bits per heavy atom. The zero-order chi connectivity index (χ0) is 14.8. The molecule has 1 aromatic carbocycles. The Labute approximate surface area is 120 Å². The van der Waals surface area contributed by atoms with Gasteiger partial charge < -0.3 is 9.26 Å². The third-order valence-electron chi connectivity index (χ3n) is 3.37. The molecule has 1 fully saturated rings. The highest BCUT2D eigenvalue weighted by Gasteiger charge is 2.25. The van der Waals surface area contributed by atoms with Gasteiger partial charge in [0.1, 0.15) is 6.10 Å². The van der Waals surface area contributed by atoms with Crippen molar-refractivity contribution in [1.82, 2.24) is 15.0 Å². The van der Waals surface area contributed by atoms with Crippen molar-refractivity contribution in [2.45, 2.75) is 19.6 Å². The van der Waals surface area contributed by atoms with Crippen molar-refractivity contribution in [3.8, 4) is 0 Å². The molecule has 0 N–H and O–H groups in total. The van der Waals surface area contributed by atoms with Crippen LogP contribution in [0.1, 0.15) is 23.4 Å². The highest BCUT2D eigenvalue weighted by atomic mass is 19.2. The summed E-state index contributed by atoms with van der Waals surface area (Å²) in [4.78, 5) is 6.25. The molecule has 1 atom stereocenters. The van der Waals surface area contributed by atoms with Gasteiger partial charge in [-0.15, -0.1) is 0 Å². The normalized spacial score (nSPS) is 19.9. The first-order valence-electron chi connectivity index (χ1n) is 6.70. The van der Waals surface area contributed by atoms with E-state index >= 15 is 0 Å². The number of halogens is 2. The van der Waals surface area contributed by atoms with Crippen LogP contribution in [-0.4, -0.2) is 34.7 Å². The number of nitrogens with zero attached hydrogens (tertiary/aromatic N) is 3. The molecular formula is C14H15F2N3O2. The maximum atomic E-state index is 13.2. The summed E-state index contributed by atoms with van der Waals surface area (Å²) in [5.41, 5.74) is 0.721. The third-order valence-corrected chi connectivity index (χ3v) is 3.37. The number of morpholine rings is 1. The molecule has 7 heteroatoms. The second kappa shape index (κ2) is 5.87. The number of rotatable bonds is 3. The van der Waals surface area contributed by atoms with E-state index in [1.54, 1.807) is 13.0 Å². The first kappa shape index (κ1) is 14.1. The molecule has 112 valence electrons. The van der Waals surface area contributed by atoms with Gasteiger partial charge in [0.15, 0.2) is 11.6 Å². The standard InChI is InChI=1S/C14H15F2N3O2/c1-9-17-14(18-21-9)13-8-19(4-5-20-13)7-10-2-3-11(15)12(16)6-10/h2-3,6,13H,4-5,7-8H2,1H3/t13-/m1/s1. The van der Waals surface area contributed by atoms with Crippen molar-refractivity contribution in [2.24, 2.45) is 0 Å². The smallest absolute Gasteiger partial charge is 0.223 e. The summed E-state index contributed by atoms with van der Waals surface area (Å²) in [7, 11) is 0. The van der Waals surface area contributed by atoms with Crippen molar-refractivity contribution in [3.05, 3.63) is 47.1 Å². The minimum absolute atomic E-state index is 0.263. The minimum Gasteiger partial charge on any atom is -0.367 e. The zero-order valence-corrected chi connectivity index (χ0v) is 11.6. The average molecular weight is 295 g/mol. The number of hydrogen-bond acceptors (Lipinski definition) is 5. The molecule has 1 aromatic heterocycles. The Kier molecular flexibility index (Phi) is 3.94. The lowest BCUT2D eigenvalue weighted by molar-refractivity contribution is -0.0380. The van der Waals surface area contributed by atoms with Gasteiger partial charge in [0.2, 0.25) is 11.7 Å². The van der Waals surface area contributed by atoms with E-state index in [2.05, 4.69) is 15.0 Å². The van der Waals surface area contributed by atoms with Gasteiger partial charge in [0.25, 0.3) is 0 Å². The average Bonchev–Trinajstić information content (AvgIpc) is 2.90. The van der Waals surface area contributed by atoms with Crippen molar-refractivity contribution in [1.29, 1.82) is 0 Å². The van der Waals surface area contributed by atoms with E-state index < -0.39 is 11.6 Å². The van der Waals surface area contributed by atoms with Crippen LogP contribution in [0.25, 0.3) is 0 Å². The molecule has 2 aromatic rings. The number of hydrogen-bond donors (Lipinski definition) is 0. The van der Waals surface area contributed by atoms with Gasteiger partial charge in [-0.1, -0.05) is 11.2 Å². The van der Waals surface area contributed by atoms with Crippen LogP contribution in [0.15, 0.2) is 22.7 Å². The number of benzene rings is 1. The van der Waals surface area contributed by atoms with E-state index in [1.807, 2.05) is 0 Å². The molecule has 0 radical (unpaired) electrons. The molecule has 0 amide bonds. The minimum atomic E-state index is -0.833. The lowest BCUT2D eigenvalue weighted by Crippen LogP contribution is -2.38. The van der Waals surface area contributed by atoms with Crippen LogP contribution in [0, 0.1) is 18.6 Å². The van der Waals surface area contributed by atoms with E-state index in [1.165, 1.54) is 6.07 Å². The van der Waals surface area contributed by atoms with Gasteiger partial charge in [-0.25, -0.2) is 8.78 Å². The molecule has 3 rings (SSSR count). The summed E-state index contributed by atoms with van der Waals surface area (Å²) >= 11 is 0. The molecule has 5 nitrogen and oxygen atoms in total. The molecule has 0 spiro atoms. The molecule has 1 aliphatic rings. The Morgan fingerprint density at radius 2 is 2.19 bits per heavy atom. The highest BCUT2D eigenvalue weighted by molar-refractivity contribution is 5.17. The van der Waals surface area contributed by atoms with Crippen molar-refractivity contribution in [3.63, 3.8) is 0 Å². The van der Waals surface area contributed by atoms with Gasteiger partial charge in [-0.3, -0.25) is 4.90 Å². The Bertz CT molecular complexity index is 632. The van der Waals surface area contributed by atoms with E-state index in [4.69, 9.17) is 9.26 Å².